The van der Waals surface area contributed by atoms with Gasteiger partial charge in [-0.2, -0.15) is 5.10 Å². The van der Waals surface area contributed by atoms with Crippen LogP contribution in [0.3, 0.4) is 0 Å². The Bertz CT molecular complexity index is 546. The quantitative estimate of drug-likeness (QED) is 0.679. The first-order valence-electron chi connectivity index (χ1n) is 4.83. The van der Waals surface area contributed by atoms with Crippen LogP contribution in [-0.2, 0) is 7.05 Å². The van der Waals surface area contributed by atoms with E-state index in [1.165, 1.54) is 10.7 Å². The maximum absolute atomic E-state index is 11.7. The number of aryl methyl sites for hydroxylation is 1. The van der Waals surface area contributed by atoms with Crippen molar-refractivity contribution in [2.75, 3.05) is 5.73 Å². The highest BCUT2D eigenvalue weighted by molar-refractivity contribution is 9.10. The third kappa shape index (κ3) is 2.65. The van der Waals surface area contributed by atoms with Crippen molar-refractivity contribution in [3.05, 3.63) is 40.5 Å². The Morgan fingerprint density at radius 1 is 1.47 bits per heavy atom. The number of esters is 1. The van der Waals surface area contributed by atoms with Crippen molar-refractivity contribution in [2.45, 2.75) is 0 Å². The Morgan fingerprint density at radius 2 is 2.24 bits per heavy atom. The minimum atomic E-state index is -0.532. The zero-order valence-corrected chi connectivity index (χ0v) is 10.6. The number of hydrogen-bond donors (Lipinski definition) is 1. The molecule has 0 spiro atoms. The lowest BCUT2D eigenvalue weighted by Crippen LogP contribution is -2.09. The standard InChI is InChI=1S/C11H10BrN3O2/c1-15-10(13)6-9(14-15)11(16)17-8-4-2-3-7(12)5-8/h2-6H,13H2,1H3. The lowest BCUT2D eigenvalue weighted by molar-refractivity contribution is 0.0727. The molecular weight excluding hydrogens is 286 g/mol. The van der Waals surface area contributed by atoms with Gasteiger partial charge in [0.25, 0.3) is 0 Å². The summed E-state index contributed by atoms with van der Waals surface area (Å²) < 4.78 is 7.40. The third-order valence-corrected chi connectivity index (χ3v) is 2.63. The highest BCUT2D eigenvalue weighted by Crippen LogP contribution is 2.19. The molecule has 1 aromatic carbocycles. The maximum atomic E-state index is 11.7. The van der Waals surface area contributed by atoms with Crippen LogP contribution in [-0.4, -0.2) is 15.7 Å². The minimum absolute atomic E-state index is 0.185. The zero-order valence-electron chi connectivity index (χ0n) is 9.05. The topological polar surface area (TPSA) is 70.1 Å². The van der Waals surface area contributed by atoms with Crippen LogP contribution in [0.15, 0.2) is 34.8 Å². The van der Waals surface area contributed by atoms with Gasteiger partial charge in [0.15, 0.2) is 5.69 Å². The lowest BCUT2D eigenvalue weighted by atomic mass is 10.3. The minimum Gasteiger partial charge on any atom is -0.422 e. The van der Waals surface area contributed by atoms with Crippen LogP contribution < -0.4 is 10.5 Å². The Morgan fingerprint density at radius 3 is 2.82 bits per heavy atom. The molecule has 1 heterocycles. The number of anilines is 1. The fourth-order valence-electron chi connectivity index (χ4n) is 1.27. The zero-order chi connectivity index (χ0) is 12.4. The number of carbonyl (C=O) groups excluding carboxylic acids is 1. The number of hydrogen-bond acceptors (Lipinski definition) is 4. The number of benzene rings is 1. The first-order valence-corrected chi connectivity index (χ1v) is 5.63. The molecule has 2 rings (SSSR count). The molecule has 17 heavy (non-hydrogen) atoms. The van der Waals surface area contributed by atoms with Gasteiger partial charge in [0.05, 0.1) is 0 Å². The van der Waals surface area contributed by atoms with E-state index in [1.54, 1.807) is 25.2 Å². The number of carbonyl (C=O) groups is 1. The first kappa shape index (κ1) is 11.7. The molecule has 2 N–H and O–H groups in total. The molecular formula is C11H10BrN3O2. The molecule has 88 valence electrons. The summed E-state index contributed by atoms with van der Waals surface area (Å²) in [5, 5.41) is 3.93. The molecule has 0 atom stereocenters. The number of nitrogen functional groups attached to an aromatic ring is 1. The molecule has 1 aromatic heterocycles. The predicted molar refractivity (Wildman–Crippen MR) is 66.7 cm³/mol. The van der Waals surface area contributed by atoms with Crippen LogP contribution >= 0.6 is 15.9 Å². The summed E-state index contributed by atoms with van der Waals surface area (Å²) in [6.45, 7) is 0. The molecule has 0 bridgehead atoms. The average molecular weight is 296 g/mol. The van der Waals surface area contributed by atoms with Crippen molar-refractivity contribution >= 4 is 27.7 Å². The van der Waals surface area contributed by atoms with Crippen molar-refractivity contribution in [3.63, 3.8) is 0 Å². The van der Waals surface area contributed by atoms with Crippen LogP contribution in [0.1, 0.15) is 10.5 Å². The smallest absolute Gasteiger partial charge is 0.364 e. The molecule has 5 nitrogen and oxygen atoms in total. The Kier molecular flexibility index (Phi) is 3.14. The van der Waals surface area contributed by atoms with Crippen LogP contribution in [0.25, 0.3) is 0 Å². The lowest BCUT2D eigenvalue weighted by Gasteiger charge is -2.01. The molecule has 0 saturated heterocycles. The molecule has 0 amide bonds. The molecule has 0 radical (unpaired) electrons. The molecule has 0 unspecified atom stereocenters. The molecule has 0 aliphatic rings. The second-order valence-electron chi connectivity index (χ2n) is 3.42. The summed E-state index contributed by atoms with van der Waals surface area (Å²) in [6, 6.07) is 8.48. The van der Waals surface area contributed by atoms with Gasteiger partial charge in [0, 0.05) is 17.6 Å². The largest absolute Gasteiger partial charge is 0.422 e. The summed E-state index contributed by atoms with van der Waals surface area (Å²) in [5.74, 6) is 0.329. The van der Waals surface area contributed by atoms with Crippen LogP contribution in [0.4, 0.5) is 5.82 Å². The summed E-state index contributed by atoms with van der Waals surface area (Å²) in [6.07, 6.45) is 0. The van der Waals surface area contributed by atoms with Crippen molar-refractivity contribution in [1.29, 1.82) is 0 Å². The van der Waals surface area contributed by atoms with Crippen LogP contribution in [0.2, 0.25) is 0 Å². The van der Waals surface area contributed by atoms with E-state index in [0.717, 1.165) is 4.47 Å². The van der Waals surface area contributed by atoms with Crippen LogP contribution in [0.5, 0.6) is 5.75 Å². The number of nitrogens with two attached hydrogens (primary N) is 1. The van der Waals surface area contributed by atoms with E-state index in [4.69, 9.17) is 10.5 Å². The van der Waals surface area contributed by atoms with E-state index in [9.17, 15) is 4.79 Å². The molecule has 6 heteroatoms. The SMILES string of the molecule is Cn1nc(C(=O)Oc2cccc(Br)c2)cc1N. The van der Waals surface area contributed by atoms with Gasteiger partial charge in [-0.25, -0.2) is 4.79 Å². The van der Waals surface area contributed by atoms with Crippen molar-refractivity contribution in [3.8, 4) is 5.75 Å². The molecule has 0 saturated carbocycles. The summed E-state index contributed by atoms with van der Waals surface area (Å²) in [5.41, 5.74) is 5.77. The van der Waals surface area contributed by atoms with Gasteiger partial charge in [0.2, 0.25) is 0 Å². The van der Waals surface area contributed by atoms with Gasteiger partial charge >= 0.3 is 5.97 Å². The van der Waals surface area contributed by atoms with E-state index in [1.807, 2.05) is 6.07 Å². The van der Waals surface area contributed by atoms with Crippen molar-refractivity contribution < 1.29 is 9.53 Å². The molecule has 0 aliphatic heterocycles. The highest BCUT2D eigenvalue weighted by Gasteiger charge is 2.13. The highest BCUT2D eigenvalue weighted by atomic mass is 79.9. The van der Waals surface area contributed by atoms with Gasteiger partial charge < -0.3 is 10.5 Å². The fraction of sp³-hybridized carbons (Fsp3) is 0.0909. The second-order valence-corrected chi connectivity index (χ2v) is 4.34. The number of halogens is 1. The summed E-state index contributed by atoms with van der Waals surface area (Å²) in [7, 11) is 1.66. The maximum Gasteiger partial charge on any atom is 0.364 e. The number of nitrogens with zero attached hydrogens (tertiary/aromatic N) is 2. The summed E-state index contributed by atoms with van der Waals surface area (Å²) in [4.78, 5) is 11.7. The van der Waals surface area contributed by atoms with Crippen LogP contribution in [0, 0.1) is 0 Å². The second kappa shape index (κ2) is 4.58. The molecule has 0 aliphatic carbocycles. The van der Waals surface area contributed by atoms with E-state index < -0.39 is 5.97 Å². The van der Waals surface area contributed by atoms with Gasteiger partial charge in [-0.15, -0.1) is 0 Å². The normalized spacial score (nSPS) is 10.2. The van der Waals surface area contributed by atoms with E-state index in [2.05, 4.69) is 21.0 Å². The van der Waals surface area contributed by atoms with Crippen molar-refractivity contribution in [1.82, 2.24) is 9.78 Å². The Hall–Kier alpha value is -1.82. The molecule has 2 aromatic rings. The number of rotatable bonds is 2. The van der Waals surface area contributed by atoms with Gasteiger partial charge in [-0.05, 0) is 18.2 Å². The number of ether oxygens (including phenoxy) is 1. The van der Waals surface area contributed by atoms with E-state index in [-0.39, 0.29) is 5.69 Å². The first-order chi connectivity index (χ1) is 8.06. The van der Waals surface area contributed by atoms with E-state index >= 15 is 0 Å². The Labute approximate surface area is 106 Å². The monoisotopic (exact) mass is 295 g/mol. The molecule has 0 fully saturated rings. The third-order valence-electron chi connectivity index (χ3n) is 2.13. The fourth-order valence-corrected chi connectivity index (χ4v) is 1.65. The van der Waals surface area contributed by atoms with Gasteiger partial charge in [-0.3, -0.25) is 4.68 Å². The van der Waals surface area contributed by atoms with Gasteiger partial charge in [0.1, 0.15) is 11.6 Å². The van der Waals surface area contributed by atoms with E-state index in [0.29, 0.717) is 11.6 Å². The summed E-state index contributed by atoms with van der Waals surface area (Å²) >= 11 is 3.29. The van der Waals surface area contributed by atoms with Gasteiger partial charge in [-0.1, -0.05) is 22.0 Å². The predicted octanol–water partition coefficient (Wildman–Crippen LogP) is 1.98. The van der Waals surface area contributed by atoms with Crippen molar-refractivity contribution in [2.24, 2.45) is 7.05 Å². The average Bonchev–Trinajstić information content (AvgIpc) is 2.59. The Balaban J connectivity index is 2.17. The number of aromatic nitrogens is 2.